The summed E-state index contributed by atoms with van der Waals surface area (Å²) in [6.45, 7) is 6.52. The van der Waals surface area contributed by atoms with Gasteiger partial charge < -0.3 is 134 Å². The van der Waals surface area contributed by atoms with Crippen LogP contribution >= 0.6 is 21.6 Å². The van der Waals surface area contributed by atoms with Crippen molar-refractivity contribution >= 4 is 146 Å². The van der Waals surface area contributed by atoms with E-state index in [2.05, 4.69) is 90.4 Å². The summed E-state index contributed by atoms with van der Waals surface area (Å²) in [6.07, 6.45) is -2.06. The third kappa shape index (κ3) is 38.5. The summed E-state index contributed by atoms with van der Waals surface area (Å²) in [5.74, 6) is -23.2. The molecule has 48 heteroatoms. The molecule has 0 radical (unpaired) electrons. The van der Waals surface area contributed by atoms with E-state index in [1.54, 1.807) is 65.0 Å². The fraction of sp³-hybridized carbons (Fsp3) is 0.630. The minimum atomic E-state index is -2.00. The summed E-state index contributed by atoms with van der Waals surface area (Å²) in [7, 11) is 1.83. The summed E-state index contributed by atoms with van der Waals surface area (Å²) in [4.78, 5) is 260. The third-order valence-corrected chi connectivity index (χ3v) is 21.6. The summed E-state index contributed by atoms with van der Waals surface area (Å²) in [6, 6.07) is -11.8. The lowest BCUT2D eigenvalue weighted by atomic mass is 9.96. The highest BCUT2D eigenvalue weighted by Gasteiger charge is 2.40. The number of hydrogen-bond donors (Lipinski definition) is 26. The fourth-order valence-corrected chi connectivity index (χ4v) is 14.3. The maximum atomic E-state index is 14.6. The highest BCUT2D eigenvalue weighted by molar-refractivity contribution is 8.76. The number of rotatable bonds is 23. The van der Waals surface area contributed by atoms with Crippen molar-refractivity contribution in [2.75, 3.05) is 63.9 Å². The second kappa shape index (κ2) is 53.8. The zero-order chi connectivity index (χ0) is 90.8. The minimum absolute atomic E-state index is 0.000909. The molecular weight excluding hydrogens is 1630 g/mol. The molecule has 0 aromatic heterocycles. The van der Waals surface area contributed by atoms with Gasteiger partial charge in [0, 0.05) is 44.0 Å². The monoisotopic (exact) mass is 1750 g/mol. The molecule has 674 valence electrons. The van der Waals surface area contributed by atoms with Gasteiger partial charge in [0.15, 0.2) is 11.9 Å². The standard InChI is InChI=1S/C73H118N24O22S2/c1-8-37(5)57-69(116)84-29-52(100)86-39(7)59(106)89-44(21-22-51(75)99)64(111)94-48(33-98)63(110)83-30-53(101)87-45(26-36(3)4)61(108)82-31-54(102)88-49(71(118)119)35-121-120-34-41(74)60(107)92-46(27-40-16-11-10-12-17-40)62(109)85-32-55(103)97-25-15-20-50(97)68(115)91-43(19-14-24-81-73(78)79)66(113)96-58(38(6)9-2)70(117)93-47(28-56(104)105)67(114)90-42(65(112)95-57)18-13-23-80-72(76)77/h10-12,16-17,36-39,41-50,57-58,98H,8-9,13-15,18-35,74H2,1-7H3,(H2,75,99)(H,82,108)(H,83,110)(H,84,116)(H,85,109)(H,86,100)(H,87,101)(H,88,102)(H,89,106)(H,90,114)(H,91,115)(H,92,107)(H,93,117)(H,94,111)(H,95,112)(H,96,113)(H,104,105)(H,118,119)(H4,76,77,80)(H4,78,79,81)/t37-,38-,39-,41-,42-,43-,44-,45-,46-,47-,48-,49-,50-,57-,58?/m0/s1. The van der Waals surface area contributed by atoms with Crippen molar-refractivity contribution in [3.8, 4) is 0 Å². The van der Waals surface area contributed by atoms with E-state index in [0.29, 0.717) is 5.56 Å². The smallest absolute Gasteiger partial charge is 0.327 e. The summed E-state index contributed by atoms with van der Waals surface area (Å²) >= 11 is 0. The number of aliphatic hydroxyl groups excluding tert-OH is 1. The zero-order valence-electron chi connectivity index (χ0n) is 68.6. The molecule has 2 aliphatic heterocycles. The second-order valence-electron chi connectivity index (χ2n) is 29.3. The molecule has 1 aromatic carbocycles. The molecular formula is C73H118N24O22S2. The number of fused-ring (bicyclic) bond motifs is 1. The Balaban J connectivity index is 2.09. The normalized spacial score (nSPS) is 25.3. The molecule has 121 heavy (non-hydrogen) atoms. The molecule has 1 unspecified atom stereocenters. The molecule has 2 fully saturated rings. The number of aliphatic carboxylic acids is 2. The van der Waals surface area contributed by atoms with Crippen LogP contribution in [0.3, 0.4) is 0 Å². The van der Waals surface area contributed by atoms with Crippen molar-refractivity contribution in [1.29, 1.82) is 10.8 Å². The molecule has 0 bridgehead atoms. The Hall–Kier alpha value is -11.7. The topological polar surface area (TPSA) is 745 Å². The molecule has 17 amide bonds. The van der Waals surface area contributed by atoms with E-state index in [9.17, 15) is 106 Å². The van der Waals surface area contributed by atoms with Crippen molar-refractivity contribution < 1.29 is 106 Å². The lowest BCUT2D eigenvalue weighted by Crippen LogP contribution is -2.61. The Kier molecular flexibility index (Phi) is 46.0. The van der Waals surface area contributed by atoms with Crippen LogP contribution < -0.4 is 113 Å². The van der Waals surface area contributed by atoms with Gasteiger partial charge in [0.1, 0.15) is 72.5 Å². The van der Waals surface area contributed by atoms with Gasteiger partial charge in [-0.2, -0.15) is 0 Å². The van der Waals surface area contributed by atoms with Gasteiger partial charge in [-0.1, -0.05) is 106 Å². The van der Waals surface area contributed by atoms with Gasteiger partial charge in [-0.05, 0) is 81.6 Å². The molecule has 0 spiro atoms. The van der Waals surface area contributed by atoms with Crippen LogP contribution in [0.15, 0.2) is 30.3 Å². The highest BCUT2D eigenvalue weighted by Crippen LogP contribution is 2.24. The van der Waals surface area contributed by atoms with Crippen molar-refractivity contribution in [2.45, 2.75) is 210 Å². The molecule has 1 aromatic rings. The van der Waals surface area contributed by atoms with E-state index < -0.39 is 267 Å². The van der Waals surface area contributed by atoms with Gasteiger partial charge in [-0.3, -0.25) is 97.1 Å². The lowest BCUT2D eigenvalue weighted by molar-refractivity contribution is -0.142. The maximum absolute atomic E-state index is 14.6. The molecule has 46 nitrogen and oxygen atoms in total. The third-order valence-electron chi connectivity index (χ3n) is 19.1. The maximum Gasteiger partial charge on any atom is 0.327 e. The molecule has 30 N–H and O–H groups in total. The van der Waals surface area contributed by atoms with Crippen molar-refractivity contribution in [2.24, 2.45) is 40.7 Å². The number of carboxylic acids is 2. The Labute approximate surface area is 706 Å². The molecule has 15 atom stereocenters. The van der Waals surface area contributed by atoms with Crippen LogP contribution in [0.5, 0.6) is 0 Å². The minimum Gasteiger partial charge on any atom is -0.481 e. The lowest BCUT2D eigenvalue weighted by Gasteiger charge is -2.30. The fourth-order valence-electron chi connectivity index (χ4n) is 12.0. The molecule has 2 aliphatic rings. The number of carbonyl (C=O) groups excluding carboxylic acids is 17. The van der Waals surface area contributed by atoms with Crippen LogP contribution in [0.4, 0.5) is 0 Å². The average Bonchev–Trinajstić information content (AvgIpc) is 1.81. The summed E-state index contributed by atoms with van der Waals surface area (Å²) in [5, 5.41) is 86.9. The predicted molar refractivity (Wildman–Crippen MR) is 439 cm³/mol. The van der Waals surface area contributed by atoms with Crippen LogP contribution in [0.2, 0.25) is 0 Å². The number of primary amides is 1. The van der Waals surface area contributed by atoms with Gasteiger partial charge in [0.05, 0.1) is 45.2 Å². The van der Waals surface area contributed by atoms with E-state index in [1.165, 1.54) is 11.8 Å². The van der Waals surface area contributed by atoms with Gasteiger partial charge in [-0.15, -0.1) is 0 Å². The first-order valence-electron chi connectivity index (χ1n) is 39.3. The van der Waals surface area contributed by atoms with Crippen LogP contribution in [0, 0.1) is 28.6 Å². The Morgan fingerprint density at radius 1 is 0.521 bits per heavy atom. The first kappa shape index (κ1) is 103. The molecule has 2 saturated heterocycles. The number of nitrogens with two attached hydrogens (primary N) is 4. The second-order valence-corrected chi connectivity index (χ2v) is 31.9. The van der Waals surface area contributed by atoms with Gasteiger partial charge in [0.2, 0.25) is 100 Å². The van der Waals surface area contributed by atoms with Crippen molar-refractivity contribution in [1.82, 2.24) is 95.3 Å². The molecule has 0 aliphatic carbocycles. The van der Waals surface area contributed by atoms with Crippen LogP contribution in [0.25, 0.3) is 0 Å². The largest absolute Gasteiger partial charge is 0.481 e. The van der Waals surface area contributed by atoms with Gasteiger partial charge in [-0.25, -0.2) is 4.79 Å². The Morgan fingerprint density at radius 3 is 1.50 bits per heavy atom. The number of amides is 17. The molecule has 2 heterocycles. The Bertz CT molecular complexity index is 3810. The van der Waals surface area contributed by atoms with E-state index in [0.717, 1.165) is 28.5 Å². The average molecular weight is 1750 g/mol. The van der Waals surface area contributed by atoms with Crippen LogP contribution in [0.1, 0.15) is 131 Å². The van der Waals surface area contributed by atoms with Crippen LogP contribution in [-0.2, 0) is 97.5 Å². The summed E-state index contributed by atoms with van der Waals surface area (Å²) < 4.78 is 0. The number of carbonyl (C=O) groups is 19. The van der Waals surface area contributed by atoms with E-state index >= 15 is 0 Å². The quantitative estimate of drug-likeness (QED) is 0.0209. The van der Waals surface area contributed by atoms with Gasteiger partial charge in [0.25, 0.3) is 0 Å². The number of nitrogens with zero attached hydrogens (tertiary/aromatic N) is 1. The number of nitrogens with one attached hydrogen (secondary N) is 19. The molecule has 0 saturated carbocycles. The number of benzene rings is 1. The van der Waals surface area contributed by atoms with E-state index in [4.69, 9.17) is 33.8 Å². The van der Waals surface area contributed by atoms with Crippen LogP contribution in [-0.4, -0.2) is 287 Å². The SMILES string of the molecule is CC[C@H](C)C1NC(=O)[C@H](CCCNC(=N)N)NC(=O)[C@@H]2CCCN2C(=O)CNC(=O)[C@H](Cc2ccccc2)NC(=O)[C@@H](N)CSSC[C@@H](C(=O)O)NC(=O)CNC(=O)[C@H](CC(C)C)NC(=O)CNC(=O)[C@H](CO)NC(=O)[C@H](CCC(N)=O)NC(=O)[C@H](C)NC(=O)CNC(=O)[C@H]([C@@H](C)CC)NC(=O)[C@H](CCCNC(=N)N)NC(=O)[C@H](CC(=O)O)NC1=O. The zero-order valence-corrected chi connectivity index (χ0v) is 70.2. The van der Waals surface area contributed by atoms with E-state index in [1.807, 2.05) is 0 Å². The van der Waals surface area contributed by atoms with Crippen molar-refractivity contribution in [3.05, 3.63) is 35.9 Å². The van der Waals surface area contributed by atoms with Gasteiger partial charge >= 0.3 is 11.9 Å². The number of carboxylic acid groups (broad SMARTS) is 2. The number of hydrogen-bond acceptors (Lipinski definition) is 25. The first-order chi connectivity index (χ1) is 57.1. The Morgan fingerprint density at radius 2 is 0.975 bits per heavy atom. The number of guanidine groups is 2. The number of aliphatic hydroxyl groups is 1. The summed E-state index contributed by atoms with van der Waals surface area (Å²) in [5.41, 5.74) is 23.2. The molecule has 3 rings (SSSR count). The first-order valence-corrected chi connectivity index (χ1v) is 41.8. The van der Waals surface area contributed by atoms with Crippen molar-refractivity contribution in [3.63, 3.8) is 0 Å². The van der Waals surface area contributed by atoms with E-state index in [-0.39, 0.29) is 101 Å². The predicted octanol–water partition coefficient (Wildman–Crippen LogP) is -8.76. The highest BCUT2D eigenvalue weighted by atomic mass is 33.1.